The van der Waals surface area contributed by atoms with Gasteiger partial charge in [0.05, 0.1) is 24.1 Å². The number of nitrogens with zero attached hydrogens (tertiary/aromatic N) is 3. The molecule has 0 atom stereocenters. The lowest BCUT2D eigenvalue weighted by Gasteiger charge is -2.24. The number of aromatic amines is 1. The van der Waals surface area contributed by atoms with E-state index >= 15 is 0 Å². The molecule has 1 aromatic heterocycles. The van der Waals surface area contributed by atoms with Crippen molar-refractivity contribution < 1.29 is 9.53 Å². The predicted octanol–water partition coefficient (Wildman–Crippen LogP) is 7.38. The number of halogens is 2. The van der Waals surface area contributed by atoms with Gasteiger partial charge in [-0.2, -0.15) is 0 Å². The first-order valence-corrected chi connectivity index (χ1v) is 12.8. The van der Waals surface area contributed by atoms with Gasteiger partial charge in [-0.25, -0.2) is 4.98 Å². The van der Waals surface area contributed by atoms with E-state index in [1.54, 1.807) is 6.33 Å². The van der Waals surface area contributed by atoms with Crippen molar-refractivity contribution >= 4 is 36.4 Å². The lowest BCUT2D eigenvalue weighted by Crippen LogP contribution is -2.35. The Bertz CT molecular complexity index is 1530. The number of imidazole rings is 1. The molecule has 40 heavy (non-hydrogen) atoms. The number of hydrogen-bond acceptors (Lipinski definition) is 4. The molecule has 0 radical (unpaired) electrons. The van der Waals surface area contributed by atoms with Gasteiger partial charge in [-0.05, 0) is 53.1 Å². The molecule has 2 heterocycles. The van der Waals surface area contributed by atoms with Crippen molar-refractivity contribution in [1.82, 2.24) is 14.9 Å². The quantitative estimate of drug-likeness (QED) is 0.230. The zero-order valence-corrected chi connectivity index (χ0v) is 23.4. The minimum absolute atomic E-state index is 0. The molecule has 1 amide bonds. The lowest BCUT2D eigenvalue weighted by atomic mass is 10.0. The van der Waals surface area contributed by atoms with Crippen LogP contribution in [0.15, 0.2) is 116 Å². The van der Waals surface area contributed by atoms with Crippen molar-refractivity contribution in [3.63, 3.8) is 0 Å². The van der Waals surface area contributed by atoms with Crippen LogP contribution < -0.4 is 9.64 Å². The Hall–Kier alpha value is -4.26. The van der Waals surface area contributed by atoms with Crippen LogP contribution >= 0.6 is 24.8 Å². The number of hydrogen-bond donors (Lipinski definition) is 1. The number of fused-ring (bicyclic) bond motifs is 1. The minimum atomic E-state index is -0.0454. The Labute approximate surface area is 246 Å². The van der Waals surface area contributed by atoms with E-state index in [2.05, 4.69) is 45.2 Å². The molecule has 0 bridgehead atoms. The normalized spacial score (nSPS) is 12.4. The van der Waals surface area contributed by atoms with Crippen molar-refractivity contribution in [2.45, 2.75) is 13.1 Å². The number of carbonyl (C=O) groups is 1. The van der Waals surface area contributed by atoms with Gasteiger partial charge in [0.2, 0.25) is 0 Å². The van der Waals surface area contributed by atoms with Crippen LogP contribution in [0.4, 0.5) is 5.69 Å². The average Bonchev–Trinajstić information content (AvgIpc) is 3.42. The first-order chi connectivity index (χ1) is 18.7. The number of carbonyl (C=O) groups excluding carboxylic acids is 1. The zero-order valence-electron chi connectivity index (χ0n) is 21.8. The number of H-pyrrole nitrogens is 1. The molecule has 6 rings (SSSR count). The molecule has 4 aromatic carbocycles. The van der Waals surface area contributed by atoms with Crippen molar-refractivity contribution in [3.8, 4) is 22.6 Å². The molecule has 8 heteroatoms. The number of nitrogens with one attached hydrogen (secondary N) is 1. The van der Waals surface area contributed by atoms with E-state index in [0.29, 0.717) is 43.2 Å². The smallest absolute Gasteiger partial charge is 0.258 e. The van der Waals surface area contributed by atoms with E-state index in [1.165, 1.54) is 0 Å². The van der Waals surface area contributed by atoms with E-state index < -0.39 is 0 Å². The molecule has 5 aromatic rings. The number of anilines is 1. The largest absolute Gasteiger partial charge is 0.457 e. The summed E-state index contributed by atoms with van der Waals surface area (Å²) in [6, 6.07) is 33.9. The van der Waals surface area contributed by atoms with E-state index in [0.717, 1.165) is 28.1 Å². The van der Waals surface area contributed by atoms with Gasteiger partial charge in [0, 0.05) is 31.5 Å². The lowest BCUT2D eigenvalue weighted by molar-refractivity contribution is 0.0749. The van der Waals surface area contributed by atoms with E-state index in [-0.39, 0.29) is 30.7 Å². The van der Waals surface area contributed by atoms with Crippen LogP contribution in [0.2, 0.25) is 0 Å². The predicted molar refractivity (Wildman–Crippen MR) is 164 cm³/mol. The fourth-order valence-corrected chi connectivity index (χ4v) is 4.91. The van der Waals surface area contributed by atoms with E-state index in [9.17, 15) is 4.79 Å². The summed E-state index contributed by atoms with van der Waals surface area (Å²) in [5, 5.41) is 0. The average molecular weight is 574 g/mol. The summed E-state index contributed by atoms with van der Waals surface area (Å²) in [5.74, 6) is 1.21. The standard InChI is InChI=1S/C32H28N4O2.2ClH/c37-32(29-13-7-8-14-31(29)38-28-11-5-2-6-12-28)36-18-17-35(22-27-20-33-23-34-27)30-16-15-25(19-26(30)21-36)24-9-3-1-4-10-24;;/h1-16,19-20,23H,17-18,21-22H2,(H,33,34);2*1H. The van der Waals surface area contributed by atoms with Crippen molar-refractivity contribution in [3.05, 3.63) is 132 Å². The summed E-state index contributed by atoms with van der Waals surface area (Å²) in [5.41, 5.74) is 6.11. The van der Waals surface area contributed by atoms with Gasteiger partial charge >= 0.3 is 0 Å². The van der Waals surface area contributed by atoms with Crippen LogP contribution in [0.1, 0.15) is 21.6 Å². The number of aromatic nitrogens is 2. The van der Waals surface area contributed by atoms with Crippen molar-refractivity contribution in [2.75, 3.05) is 18.0 Å². The Morgan fingerprint density at radius 1 is 0.825 bits per heavy atom. The molecule has 0 saturated carbocycles. The molecule has 1 aliphatic rings. The molecule has 0 unspecified atom stereocenters. The highest BCUT2D eigenvalue weighted by Crippen LogP contribution is 2.33. The fraction of sp³-hybridized carbons (Fsp3) is 0.125. The van der Waals surface area contributed by atoms with Gasteiger partial charge < -0.3 is 19.5 Å². The summed E-state index contributed by atoms with van der Waals surface area (Å²) in [6.07, 6.45) is 3.55. The van der Waals surface area contributed by atoms with Crippen molar-refractivity contribution in [2.24, 2.45) is 0 Å². The highest BCUT2D eigenvalue weighted by molar-refractivity contribution is 5.97. The molecule has 0 fully saturated rings. The summed E-state index contributed by atoms with van der Waals surface area (Å²) in [6.45, 7) is 2.48. The monoisotopic (exact) mass is 572 g/mol. The fourth-order valence-electron chi connectivity index (χ4n) is 4.91. The first kappa shape index (κ1) is 28.7. The summed E-state index contributed by atoms with van der Waals surface area (Å²) >= 11 is 0. The highest BCUT2D eigenvalue weighted by atomic mass is 35.5. The number of amides is 1. The molecule has 0 spiro atoms. The third-order valence-electron chi connectivity index (χ3n) is 6.82. The van der Waals surface area contributed by atoms with Crippen LogP contribution in [0, 0.1) is 0 Å². The number of ether oxygens (including phenoxy) is 1. The summed E-state index contributed by atoms with van der Waals surface area (Å²) < 4.78 is 6.12. The second-order valence-electron chi connectivity index (χ2n) is 9.35. The van der Waals surface area contributed by atoms with Gasteiger partial charge in [-0.3, -0.25) is 4.79 Å². The van der Waals surface area contributed by atoms with Crippen molar-refractivity contribution in [1.29, 1.82) is 0 Å². The maximum absolute atomic E-state index is 14.0. The van der Waals surface area contributed by atoms with Gasteiger partial charge in [0.1, 0.15) is 11.5 Å². The molecule has 1 N–H and O–H groups in total. The maximum atomic E-state index is 14.0. The first-order valence-electron chi connectivity index (χ1n) is 12.8. The zero-order chi connectivity index (χ0) is 25.7. The maximum Gasteiger partial charge on any atom is 0.258 e. The Morgan fingerprint density at radius 2 is 1.55 bits per heavy atom. The number of benzene rings is 4. The second-order valence-corrected chi connectivity index (χ2v) is 9.35. The SMILES string of the molecule is Cl.Cl.O=C(c1ccccc1Oc1ccccc1)N1CCN(Cc2cnc[nH]2)c2ccc(-c3ccccc3)cc2C1. The molecular formula is C32H30Cl2N4O2. The highest BCUT2D eigenvalue weighted by Gasteiger charge is 2.26. The second kappa shape index (κ2) is 13.2. The van der Waals surface area contributed by atoms with Crippen LogP contribution in [0.5, 0.6) is 11.5 Å². The number of rotatable bonds is 6. The van der Waals surface area contributed by atoms with Gasteiger partial charge in [-0.15, -0.1) is 24.8 Å². The minimum Gasteiger partial charge on any atom is -0.457 e. The van der Waals surface area contributed by atoms with Crippen LogP contribution in [0.3, 0.4) is 0 Å². The molecule has 1 aliphatic heterocycles. The van der Waals surface area contributed by atoms with Crippen LogP contribution in [-0.4, -0.2) is 33.9 Å². The summed E-state index contributed by atoms with van der Waals surface area (Å²) in [4.78, 5) is 25.6. The van der Waals surface area contributed by atoms with Crippen LogP contribution in [-0.2, 0) is 13.1 Å². The molecule has 204 valence electrons. The Kier molecular flexibility index (Phi) is 9.48. The summed E-state index contributed by atoms with van der Waals surface area (Å²) in [7, 11) is 0. The third kappa shape index (κ3) is 6.30. The molecule has 6 nitrogen and oxygen atoms in total. The van der Waals surface area contributed by atoms with Gasteiger partial charge in [0.15, 0.2) is 0 Å². The Morgan fingerprint density at radius 3 is 2.30 bits per heavy atom. The topological polar surface area (TPSA) is 61.5 Å². The van der Waals surface area contributed by atoms with Gasteiger partial charge in [0.25, 0.3) is 5.91 Å². The number of para-hydroxylation sites is 2. The molecular weight excluding hydrogens is 543 g/mol. The van der Waals surface area contributed by atoms with Crippen LogP contribution in [0.25, 0.3) is 11.1 Å². The molecule has 0 saturated heterocycles. The molecule has 0 aliphatic carbocycles. The Balaban J connectivity index is 0.00000185. The van der Waals surface area contributed by atoms with Gasteiger partial charge in [-0.1, -0.05) is 66.7 Å². The third-order valence-corrected chi connectivity index (χ3v) is 6.82. The van der Waals surface area contributed by atoms with E-state index in [1.807, 2.05) is 83.9 Å². The van der Waals surface area contributed by atoms with E-state index in [4.69, 9.17) is 4.74 Å².